The summed E-state index contributed by atoms with van der Waals surface area (Å²) in [5, 5.41) is 0.859. The molecule has 0 saturated heterocycles. The van der Waals surface area contributed by atoms with Crippen molar-refractivity contribution in [2.24, 2.45) is 0 Å². The van der Waals surface area contributed by atoms with E-state index in [0.717, 1.165) is 22.0 Å². The molecular weight excluding hydrogens is 404 g/mol. The van der Waals surface area contributed by atoms with E-state index in [1.807, 2.05) is 38.1 Å². The fraction of sp³-hybridized carbons (Fsp3) is 0.208. The van der Waals surface area contributed by atoms with E-state index in [9.17, 15) is 4.79 Å². The van der Waals surface area contributed by atoms with Crippen LogP contribution in [0.15, 0.2) is 61.1 Å². The molecule has 0 radical (unpaired) electrons. The number of methoxy groups -OCH3 is 1. The van der Waals surface area contributed by atoms with Gasteiger partial charge in [-0.05, 0) is 55.3 Å². The first-order valence-corrected chi connectivity index (χ1v) is 10.2. The van der Waals surface area contributed by atoms with Gasteiger partial charge in [-0.2, -0.15) is 0 Å². The van der Waals surface area contributed by atoms with Crippen LogP contribution in [0.4, 0.5) is 5.82 Å². The van der Waals surface area contributed by atoms with Gasteiger partial charge in [0.05, 0.1) is 18.7 Å². The highest BCUT2D eigenvalue weighted by Gasteiger charge is 2.25. The number of hydrogen-bond donors (Lipinski definition) is 1. The summed E-state index contributed by atoms with van der Waals surface area (Å²) in [5.41, 5.74) is 8.96. The SMILES string of the molecule is COc1ccc(CN(C(=O)c2ccc3nc(N)c(C)cc3c2)C(C)c2ncccn2)cn1. The molecule has 1 atom stereocenters. The van der Waals surface area contributed by atoms with Crippen LogP contribution in [0.5, 0.6) is 5.88 Å². The number of hydrogen-bond acceptors (Lipinski definition) is 7. The van der Waals surface area contributed by atoms with Gasteiger partial charge in [-0.1, -0.05) is 6.07 Å². The standard InChI is InChI=1S/C24H24N6O2/c1-15-11-19-12-18(6-7-20(19)29-22(15)25)24(31)30(16(2)23-26-9-4-10-27-23)14-17-5-8-21(32-3)28-13-17/h4-13,16H,14H2,1-3H3,(H2,25,29). The number of fused-ring (bicyclic) bond motifs is 1. The van der Waals surface area contributed by atoms with E-state index >= 15 is 0 Å². The van der Waals surface area contributed by atoms with Crippen molar-refractivity contribution in [2.75, 3.05) is 12.8 Å². The van der Waals surface area contributed by atoms with E-state index in [-0.39, 0.29) is 11.9 Å². The zero-order chi connectivity index (χ0) is 22.7. The number of ether oxygens (including phenoxy) is 1. The van der Waals surface area contributed by atoms with Gasteiger partial charge in [-0.15, -0.1) is 0 Å². The fourth-order valence-electron chi connectivity index (χ4n) is 3.47. The van der Waals surface area contributed by atoms with Gasteiger partial charge in [0, 0.05) is 42.2 Å². The van der Waals surface area contributed by atoms with Crippen molar-refractivity contribution in [2.45, 2.75) is 26.4 Å². The lowest BCUT2D eigenvalue weighted by Crippen LogP contribution is -2.34. The summed E-state index contributed by atoms with van der Waals surface area (Å²) in [6.07, 6.45) is 5.05. The van der Waals surface area contributed by atoms with Crippen LogP contribution < -0.4 is 10.5 Å². The van der Waals surface area contributed by atoms with Crippen LogP contribution in [0, 0.1) is 6.92 Å². The van der Waals surface area contributed by atoms with Crippen LogP contribution in [0.3, 0.4) is 0 Å². The van der Waals surface area contributed by atoms with Crippen molar-refractivity contribution in [1.82, 2.24) is 24.8 Å². The van der Waals surface area contributed by atoms with Crippen LogP contribution in [0.25, 0.3) is 10.9 Å². The summed E-state index contributed by atoms with van der Waals surface area (Å²) < 4.78 is 5.14. The number of nitrogen functional groups attached to an aromatic ring is 1. The van der Waals surface area contributed by atoms with Crippen molar-refractivity contribution in [3.05, 3.63) is 83.6 Å². The third-order valence-corrected chi connectivity index (χ3v) is 5.34. The molecule has 32 heavy (non-hydrogen) atoms. The Balaban J connectivity index is 1.71. The maximum atomic E-state index is 13.7. The minimum atomic E-state index is -0.354. The maximum absolute atomic E-state index is 13.7. The molecule has 0 bridgehead atoms. The number of pyridine rings is 2. The lowest BCUT2D eigenvalue weighted by atomic mass is 10.1. The van der Waals surface area contributed by atoms with Crippen LogP contribution >= 0.6 is 0 Å². The van der Waals surface area contributed by atoms with E-state index in [1.165, 1.54) is 0 Å². The molecule has 0 aliphatic carbocycles. The van der Waals surface area contributed by atoms with Gasteiger partial charge in [0.25, 0.3) is 5.91 Å². The van der Waals surface area contributed by atoms with E-state index < -0.39 is 0 Å². The summed E-state index contributed by atoms with van der Waals surface area (Å²) in [6, 6.07) is 12.4. The molecule has 0 fully saturated rings. The average Bonchev–Trinajstić information content (AvgIpc) is 2.83. The van der Waals surface area contributed by atoms with E-state index in [0.29, 0.717) is 29.6 Å². The van der Waals surface area contributed by atoms with Gasteiger partial charge in [0.15, 0.2) is 0 Å². The largest absolute Gasteiger partial charge is 0.481 e. The van der Waals surface area contributed by atoms with Crippen molar-refractivity contribution >= 4 is 22.6 Å². The first kappa shape index (κ1) is 21.2. The second-order valence-corrected chi connectivity index (χ2v) is 7.52. The Kier molecular flexibility index (Phi) is 5.93. The Hall–Kier alpha value is -4.07. The summed E-state index contributed by atoms with van der Waals surface area (Å²) in [5.74, 6) is 1.42. The number of anilines is 1. The third kappa shape index (κ3) is 4.34. The number of carbonyl (C=O) groups excluding carboxylic acids is 1. The number of carbonyl (C=O) groups is 1. The molecule has 0 spiro atoms. The monoisotopic (exact) mass is 428 g/mol. The van der Waals surface area contributed by atoms with E-state index in [2.05, 4.69) is 19.9 Å². The number of nitrogens with two attached hydrogens (primary N) is 1. The summed E-state index contributed by atoms with van der Waals surface area (Å²) >= 11 is 0. The normalized spacial score (nSPS) is 11.8. The zero-order valence-corrected chi connectivity index (χ0v) is 18.2. The third-order valence-electron chi connectivity index (χ3n) is 5.34. The molecule has 0 aliphatic heterocycles. The number of rotatable bonds is 6. The maximum Gasteiger partial charge on any atom is 0.254 e. The van der Waals surface area contributed by atoms with E-state index in [1.54, 1.807) is 48.8 Å². The molecule has 3 aromatic heterocycles. The lowest BCUT2D eigenvalue weighted by molar-refractivity contribution is 0.0666. The predicted molar refractivity (Wildman–Crippen MR) is 122 cm³/mol. The second-order valence-electron chi connectivity index (χ2n) is 7.52. The molecule has 1 aromatic carbocycles. The summed E-state index contributed by atoms with van der Waals surface area (Å²) in [4.78, 5) is 32.8. The van der Waals surface area contributed by atoms with E-state index in [4.69, 9.17) is 10.5 Å². The Bertz CT molecular complexity index is 1240. The van der Waals surface area contributed by atoms with Crippen LogP contribution in [0.1, 0.15) is 40.3 Å². The molecule has 2 N–H and O–H groups in total. The van der Waals surface area contributed by atoms with Gasteiger partial charge in [-0.25, -0.2) is 19.9 Å². The predicted octanol–water partition coefficient (Wildman–Crippen LogP) is 3.72. The minimum Gasteiger partial charge on any atom is -0.481 e. The Labute approximate surface area is 186 Å². The zero-order valence-electron chi connectivity index (χ0n) is 18.2. The van der Waals surface area contributed by atoms with Crippen molar-refractivity contribution in [3.63, 3.8) is 0 Å². The Morgan fingerprint density at radius 3 is 2.59 bits per heavy atom. The van der Waals surface area contributed by atoms with Crippen LogP contribution in [0.2, 0.25) is 0 Å². The van der Waals surface area contributed by atoms with Gasteiger partial charge in [-0.3, -0.25) is 4.79 Å². The number of aromatic nitrogens is 4. The Morgan fingerprint density at radius 2 is 1.91 bits per heavy atom. The first-order chi connectivity index (χ1) is 15.5. The van der Waals surface area contributed by atoms with Gasteiger partial charge < -0.3 is 15.4 Å². The number of benzene rings is 1. The number of amides is 1. The topological polar surface area (TPSA) is 107 Å². The molecule has 3 heterocycles. The molecular formula is C24H24N6O2. The quantitative estimate of drug-likeness (QED) is 0.499. The molecule has 4 aromatic rings. The second kappa shape index (κ2) is 8.97. The molecule has 0 saturated carbocycles. The van der Waals surface area contributed by atoms with Crippen molar-refractivity contribution < 1.29 is 9.53 Å². The Morgan fingerprint density at radius 1 is 1.12 bits per heavy atom. The smallest absolute Gasteiger partial charge is 0.254 e. The molecule has 4 rings (SSSR count). The van der Waals surface area contributed by atoms with Crippen molar-refractivity contribution in [1.29, 1.82) is 0 Å². The summed E-state index contributed by atoms with van der Waals surface area (Å²) in [6.45, 7) is 4.15. The lowest BCUT2D eigenvalue weighted by Gasteiger charge is -2.28. The number of nitrogens with zero attached hydrogens (tertiary/aromatic N) is 5. The molecule has 8 heteroatoms. The van der Waals surface area contributed by atoms with Gasteiger partial charge >= 0.3 is 0 Å². The fourth-order valence-corrected chi connectivity index (χ4v) is 3.47. The van der Waals surface area contributed by atoms with Crippen LogP contribution in [-0.4, -0.2) is 37.9 Å². The molecule has 1 unspecified atom stereocenters. The minimum absolute atomic E-state index is 0.142. The van der Waals surface area contributed by atoms with Gasteiger partial charge in [0.1, 0.15) is 11.6 Å². The first-order valence-electron chi connectivity index (χ1n) is 10.2. The highest BCUT2D eigenvalue weighted by Crippen LogP contribution is 2.25. The molecule has 8 nitrogen and oxygen atoms in total. The van der Waals surface area contributed by atoms with Crippen molar-refractivity contribution in [3.8, 4) is 5.88 Å². The summed E-state index contributed by atoms with van der Waals surface area (Å²) in [7, 11) is 1.57. The number of aryl methyl sites for hydroxylation is 1. The molecule has 0 aliphatic rings. The van der Waals surface area contributed by atoms with Crippen LogP contribution in [-0.2, 0) is 6.54 Å². The molecule has 162 valence electrons. The average molecular weight is 428 g/mol. The highest BCUT2D eigenvalue weighted by molar-refractivity contribution is 5.98. The highest BCUT2D eigenvalue weighted by atomic mass is 16.5. The van der Waals surface area contributed by atoms with Gasteiger partial charge in [0.2, 0.25) is 5.88 Å². The molecule has 1 amide bonds.